The molecule has 0 atom stereocenters. The van der Waals surface area contributed by atoms with Gasteiger partial charge in [0.1, 0.15) is 0 Å². The molecule has 0 unspecified atom stereocenters. The summed E-state index contributed by atoms with van der Waals surface area (Å²) in [6, 6.07) is 9.96. The second kappa shape index (κ2) is 6.92. The predicted octanol–water partition coefficient (Wildman–Crippen LogP) is 0.530. The summed E-state index contributed by atoms with van der Waals surface area (Å²) < 4.78 is 7.50. The van der Waals surface area contributed by atoms with Gasteiger partial charge in [0.15, 0.2) is 22.9 Å². The van der Waals surface area contributed by atoms with Crippen LogP contribution in [-0.4, -0.2) is 32.1 Å². The lowest BCUT2D eigenvalue weighted by atomic mass is 10.2. The molecule has 124 valence electrons. The molecular weight excluding hydrogens is 308 g/mol. The second-order valence-corrected chi connectivity index (χ2v) is 5.09. The highest BCUT2D eigenvalue weighted by Gasteiger charge is 2.12. The molecule has 0 aliphatic rings. The minimum absolute atomic E-state index is 0.0782. The van der Waals surface area contributed by atoms with Crippen molar-refractivity contribution in [1.82, 2.24) is 19.5 Å². The van der Waals surface area contributed by atoms with Crippen LogP contribution in [0.3, 0.4) is 0 Å². The molecule has 1 aromatic carbocycles. The molecule has 0 aliphatic carbocycles. The Balaban J connectivity index is 1.71. The topological polar surface area (TPSA) is 143 Å². The fourth-order valence-corrected chi connectivity index (χ4v) is 2.24. The monoisotopic (exact) mass is 326 g/mol. The largest absolute Gasteiger partial charge is 0.375 e. The van der Waals surface area contributed by atoms with Crippen LogP contribution in [0.15, 0.2) is 41.7 Å². The van der Waals surface area contributed by atoms with Crippen molar-refractivity contribution in [3.8, 4) is 0 Å². The van der Waals surface area contributed by atoms with Crippen LogP contribution < -0.4 is 17.2 Å². The van der Waals surface area contributed by atoms with Gasteiger partial charge in [-0.3, -0.25) is 0 Å². The Morgan fingerprint density at radius 2 is 1.96 bits per heavy atom. The highest BCUT2D eigenvalue weighted by atomic mass is 16.5. The van der Waals surface area contributed by atoms with Crippen molar-refractivity contribution in [2.24, 2.45) is 16.5 Å². The lowest BCUT2D eigenvalue weighted by molar-refractivity contribution is 0.114. The zero-order valence-corrected chi connectivity index (χ0v) is 13.0. The number of rotatable bonds is 6. The summed E-state index contributed by atoms with van der Waals surface area (Å²) in [5.74, 6) is 0.214. The maximum Gasteiger partial charge on any atom is 0.224 e. The Hall–Kier alpha value is -3.20. The van der Waals surface area contributed by atoms with Gasteiger partial charge in [0.05, 0.1) is 19.5 Å². The van der Waals surface area contributed by atoms with Gasteiger partial charge < -0.3 is 26.5 Å². The Morgan fingerprint density at radius 3 is 2.71 bits per heavy atom. The maximum atomic E-state index is 5.71. The summed E-state index contributed by atoms with van der Waals surface area (Å²) in [5.41, 5.74) is 18.7. The SMILES string of the molecule is NC(N)=Nc1nc(N)nc2c1ncn2CCOCc1ccccc1. The van der Waals surface area contributed by atoms with Crippen molar-refractivity contribution in [3.63, 3.8) is 0 Å². The number of nitrogens with zero attached hydrogens (tertiary/aromatic N) is 5. The number of nitrogen functional groups attached to an aromatic ring is 1. The number of anilines is 1. The average Bonchev–Trinajstić information content (AvgIpc) is 2.95. The third-order valence-electron chi connectivity index (χ3n) is 3.29. The number of guanidine groups is 1. The van der Waals surface area contributed by atoms with E-state index in [1.807, 2.05) is 34.9 Å². The van der Waals surface area contributed by atoms with Crippen LogP contribution in [0, 0.1) is 0 Å². The van der Waals surface area contributed by atoms with Crippen LogP contribution in [0.1, 0.15) is 5.56 Å². The van der Waals surface area contributed by atoms with Crippen LogP contribution >= 0.6 is 0 Å². The number of aromatic nitrogens is 4. The Bertz CT molecular complexity index is 855. The van der Waals surface area contributed by atoms with Gasteiger partial charge in [-0.1, -0.05) is 30.3 Å². The average molecular weight is 326 g/mol. The summed E-state index contributed by atoms with van der Waals surface area (Å²) >= 11 is 0. The summed E-state index contributed by atoms with van der Waals surface area (Å²) in [5, 5.41) is 0. The lowest BCUT2D eigenvalue weighted by Gasteiger charge is -2.06. The van der Waals surface area contributed by atoms with E-state index in [2.05, 4.69) is 19.9 Å². The van der Waals surface area contributed by atoms with E-state index in [4.69, 9.17) is 21.9 Å². The van der Waals surface area contributed by atoms with Gasteiger partial charge >= 0.3 is 0 Å². The molecule has 0 spiro atoms. The van der Waals surface area contributed by atoms with Crippen molar-refractivity contribution in [3.05, 3.63) is 42.2 Å². The smallest absolute Gasteiger partial charge is 0.224 e. The summed E-state index contributed by atoms with van der Waals surface area (Å²) in [6.07, 6.45) is 1.64. The molecule has 0 fully saturated rings. The molecule has 3 aromatic rings. The summed E-state index contributed by atoms with van der Waals surface area (Å²) in [6.45, 7) is 1.62. The first-order chi connectivity index (χ1) is 11.6. The van der Waals surface area contributed by atoms with E-state index in [0.29, 0.717) is 30.9 Å². The summed E-state index contributed by atoms with van der Waals surface area (Å²) in [7, 11) is 0. The first-order valence-corrected chi connectivity index (χ1v) is 7.33. The van der Waals surface area contributed by atoms with E-state index in [1.165, 1.54) is 0 Å². The second-order valence-electron chi connectivity index (χ2n) is 5.09. The molecule has 9 heteroatoms. The van der Waals surface area contributed by atoms with E-state index in [9.17, 15) is 0 Å². The molecule has 2 heterocycles. The first-order valence-electron chi connectivity index (χ1n) is 7.33. The normalized spacial score (nSPS) is 10.8. The first kappa shape index (κ1) is 15.7. The quantitative estimate of drug-likeness (QED) is 0.340. The molecule has 0 radical (unpaired) electrons. The summed E-state index contributed by atoms with van der Waals surface area (Å²) in [4.78, 5) is 16.4. The predicted molar refractivity (Wildman–Crippen MR) is 91.3 cm³/mol. The van der Waals surface area contributed by atoms with Crippen molar-refractivity contribution in [2.75, 3.05) is 12.3 Å². The Morgan fingerprint density at radius 1 is 1.17 bits per heavy atom. The highest BCUT2D eigenvalue weighted by molar-refractivity contribution is 5.87. The highest BCUT2D eigenvalue weighted by Crippen LogP contribution is 2.22. The number of hydrogen-bond donors (Lipinski definition) is 3. The Kier molecular flexibility index (Phi) is 4.52. The minimum atomic E-state index is -0.116. The molecule has 0 saturated carbocycles. The van der Waals surface area contributed by atoms with Gasteiger partial charge in [0, 0.05) is 6.54 Å². The molecule has 0 aliphatic heterocycles. The molecule has 9 nitrogen and oxygen atoms in total. The minimum Gasteiger partial charge on any atom is -0.375 e. The third kappa shape index (κ3) is 3.58. The van der Waals surface area contributed by atoms with Crippen molar-refractivity contribution >= 4 is 28.9 Å². The maximum absolute atomic E-state index is 5.71. The molecule has 6 N–H and O–H groups in total. The van der Waals surface area contributed by atoms with Crippen molar-refractivity contribution in [2.45, 2.75) is 13.2 Å². The standard InChI is InChI=1S/C15H18N8O/c16-14(17)20-12-11-13(22-15(18)21-12)23(9-19-11)6-7-24-8-10-4-2-1-3-5-10/h1-5,9H,6-8H2,(H6,16,17,18,20,21,22). The Labute approximate surface area is 138 Å². The molecule has 0 amide bonds. The van der Waals surface area contributed by atoms with Gasteiger partial charge in [-0.05, 0) is 5.56 Å². The number of ether oxygens (including phenoxy) is 1. The number of nitrogens with two attached hydrogens (primary N) is 3. The van der Waals surface area contributed by atoms with E-state index in [-0.39, 0.29) is 17.7 Å². The molecule has 2 aromatic heterocycles. The van der Waals surface area contributed by atoms with Gasteiger partial charge in [-0.25, -0.2) is 4.98 Å². The number of hydrogen-bond acceptors (Lipinski definition) is 6. The van der Waals surface area contributed by atoms with Crippen LogP contribution in [-0.2, 0) is 17.9 Å². The van der Waals surface area contributed by atoms with Crippen molar-refractivity contribution < 1.29 is 4.74 Å². The van der Waals surface area contributed by atoms with Crippen LogP contribution in [0.5, 0.6) is 0 Å². The van der Waals surface area contributed by atoms with Gasteiger partial charge in [-0.15, -0.1) is 0 Å². The van der Waals surface area contributed by atoms with Crippen LogP contribution in [0.25, 0.3) is 11.2 Å². The van der Waals surface area contributed by atoms with Gasteiger partial charge in [0.2, 0.25) is 5.95 Å². The van der Waals surface area contributed by atoms with Crippen LogP contribution in [0.4, 0.5) is 11.8 Å². The molecule has 24 heavy (non-hydrogen) atoms. The lowest BCUT2D eigenvalue weighted by Crippen LogP contribution is -2.22. The molecule has 0 bridgehead atoms. The molecule has 0 saturated heterocycles. The van der Waals surface area contributed by atoms with Crippen LogP contribution in [0.2, 0.25) is 0 Å². The van der Waals surface area contributed by atoms with E-state index < -0.39 is 0 Å². The number of benzene rings is 1. The number of fused-ring (bicyclic) bond motifs is 1. The fourth-order valence-electron chi connectivity index (χ4n) is 2.24. The van der Waals surface area contributed by atoms with Crippen molar-refractivity contribution in [1.29, 1.82) is 0 Å². The zero-order chi connectivity index (χ0) is 16.9. The fraction of sp³-hybridized carbons (Fsp3) is 0.200. The van der Waals surface area contributed by atoms with Gasteiger partial charge in [0.25, 0.3) is 0 Å². The molecular formula is C15H18N8O. The van der Waals surface area contributed by atoms with E-state index in [0.717, 1.165) is 5.56 Å². The zero-order valence-electron chi connectivity index (χ0n) is 13.0. The molecule has 3 rings (SSSR count). The number of imidazole rings is 1. The van der Waals surface area contributed by atoms with E-state index in [1.54, 1.807) is 6.33 Å². The number of aliphatic imine (C=N–C) groups is 1. The van der Waals surface area contributed by atoms with Gasteiger partial charge in [-0.2, -0.15) is 15.0 Å². The third-order valence-corrected chi connectivity index (χ3v) is 3.29. The van der Waals surface area contributed by atoms with E-state index >= 15 is 0 Å².